The maximum atomic E-state index is 6.04. The third-order valence-corrected chi connectivity index (χ3v) is 5.31. The average molecular weight is 363 g/mol. The van der Waals surface area contributed by atoms with Crippen LogP contribution in [-0.4, -0.2) is 10.8 Å². The Hall–Kier alpha value is -2.66. The van der Waals surface area contributed by atoms with E-state index in [0.29, 0.717) is 5.92 Å². The summed E-state index contributed by atoms with van der Waals surface area (Å²) in [6, 6.07) is 20.6. The molecule has 0 aliphatic heterocycles. The van der Waals surface area contributed by atoms with Crippen molar-refractivity contribution in [1.29, 1.82) is 0 Å². The van der Waals surface area contributed by atoms with Gasteiger partial charge < -0.3 is 10.2 Å². The van der Waals surface area contributed by atoms with Gasteiger partial charge in [-0.15, -0.1) is 0 Å². The van der Waals surface area contributed by atoms with Gasteiger partial charge in [0.15, 0.2) is 10.9 Å². The van der Waals surface area contributed by atoms with E-state index in [9.17, 15) is 0 Å². The first kappa shape index (κ1) is 16.8. The number of para-hydroxylation sites is 1. The summed E-state index contributed by atoms with van der Waals surface area (Å²) >= 11 is 4.92. The number of nitrogens with one attached hydrogen (secondary N) is 1. The van der Waals surface area contributed by atoms with Crippen molar-refractivity contribution in [2.75, 3.05) is 0 Å². The molecule has 0 spiro atoms. The molecular formula is C21H21N3OS. The Morgan fingerprint density at radius 1 is 1.15 bits per heavy atom. The molecule has 132 valence electrons. The number of hydrazone groups is 1. The molecule has 0 amide bonds. The third kappa shape index (κ3) is 3.10. The van der Waals surface area contributed by atoms with Gasteiger partial charge in [0, 0.05) is 11.3 Å². The van der Waals surface area contributed by atoms with Crippen LogP contribution in [0.1, 0.15) is 31.1 Å². The van der Waals surface area contributed by atoms with Crippen LogP contribution in [0.2, 0.25) is 0 Å². The minimum atomic E-state index is 0.155. The number of benzene rings is 2. The second-order valence-corrected chi connectivity index (χ2v) is 7.59. The molecule has 0 saturated heterocycles. The van der Waals surface area contributed by atoms with Crippen molar-refractivity contribution in [2.45, 2.75) is 25.2 Å². The standard InChI is InChI=1S/C21H21N3OS/c1-21(16-8-3-2-4-9-16)12-15(13-21)19(23-24-20(22)26)18-11-14-7-5-6-10-17(14)25-18/h2-11,15H,12-13H2,1H3,(H3,22,24,26). The molecule has 5 heteroatoms. The second-order valence-electron chi connectivity index (χ2n) is 7.15. The number of fused-ring (bicyclic) bond motifs is 1. The molecule has 1 aliphatic carbocycles. The number of furan rings is 1. The van der Waals surface area contributed by atoms with Gasteiger partial charge in [0.05, 0.1) is 0 Å². The van der Waals surface area contributed by atoms with Crippen LogP contribution in [-0.2, 0) is 5.41 Å². The molecule has 1 aliphatic rings. The first-order chi connectivity index (χ1) is 12.5. The zero-order valence-corrected chi connectivity index (χ0v) is 15.4. The summed E-state index contributed by atoms with van der Waals surface area (Å²) in [5.41, 5.74) is 11.6. The van der Waals surface area contributed by atoms with Gasteiger partial charge in [0.1, 0.15) is 11.3 Å². The quantitative estimate of drug-likeness (QED) is 0.411. The Bertz CT molecular complexity index is 938. The lowest BCUT2D eigenvalue weighted by Crippen LogP contribution is -2.43. The Balaban J connectivity index is 1.63. The monoisotopic (exact) mass is 363 g/mol. The van der Waals surface area contributed by atoms with Crippen LogP contribution >= 0.6 is 12.2 Å². The number of nitrogens with zero attached hydrogens (tertiary/aromatic N) is 1. The molecule has 3 aromatic rings. The minimum absolute atomic E-state index is 0.155. The van der Waals surface area contributed by atoms with Gasteiger partial charge in [-0.25, -0.2) is 0 Å². The van der Waals surface area contributed by atoms with Crippen LogP contribution in [0, 0.1) is 5.92 Å². The average Bonchev–Trinajstić information content (AvgIpc) is 3.04. The molecule has 3 N–H and O–H groups in total. The second kappa shape index (κ2) is 6.57. The predicted molar refractivity (Wildman–Crippen MR) is 109 cm³/mol. The Labute approximate surface area is 158 Å². The van der Waals surface area contributed by atoms with E-state index in [0.717, 1.165) is 35.3 Å². The largest absolute Gasteiger partial charge is 0.455 e. The number of thiocarbonyl (C=S) groups is 1. The first-order valence-electron chi connectivity index (χ1n) is 8.73. The van der Waals surface area contributed by atoms with Crippen LogP contribution in [0.15, 0.2) is 70.2 Å². The van der Waals surface area contributed by atoms with Crippen LogP contribution in [0.5, 0.6) is 0 Å². The highest BCUT2D eigenvalue weighted by Crippen LogP contribution is 2.49. The van der Waals surface area contributed by atoms with Crippen molar-refractivity contribution in [3.05, 3.63) is 72.0 Å². The highest BCUT2D eigenvalue weighted by atomic mass is 32.1. The predicted octanol–water partition coefficient (Wildman–Crippen LogP) is 4.34. The number of hydrogen-bond acceptors (Lipinski definition) is 3. The molecule has 1 saturated carbocycles. The highest BCUT2D eigenvalue weighted by molar-refractivity contribution is 7.80. The lowest BCUT2D eigenvalue weighted by molar-refractivity contribution is 0.216. The van der Waals surface area contributed by atoms with E-state index in [1.807, 2.05) is 30.3 Å². The summed E-state index contributed by atoms with van der Waals surface area (Å²) in [4.78, 5) is 0. The van der Waals surface area contributed by atoms with E-state index < -0.39 is 0 Å². The van der Waals surface area contributed by atoms with Gasteiger partial charge in [0.2, 0.25) is 0 Å². The maximum absolute atomic E-state index is 6.04. The van der Waals surface area contributed by atoms with E-state index in [4.69, 9.17) is 22.4 Å². The topological polar surface area (TPSA) is 63.5 Å². The molecule has 0 unspecified atom stereocenters. The highest BCUT2D eigenvalue weighted by Gasteiger charge is 2.44. The minimum Gasteiger partial charge on any atom is -0.455 e. The first-order valence-corrected chi connectivity index (χ1v) is 9.13. The van der Waals surface area contributed by atoms with Crippen molar-refractivity contribution in [3.8, 4) is 0 Å². The normalized spacial score (nSPS) is 22.8. The van der Waals surface area contributed by atoms with Gasteiger partial charge in [-0.3, -0.25) is 5.43 Å². The van der Waals surface area contributed by atoms with Gasteiger partial charge in [-0.2, -0.15) is 5.10 Å². The Morgan fingerprint density at radius 3 is 2.54 bits per heavy atom. The zero-order chi connectivity index (χ0) is 18.1. The molecular weight excluding hydrogens is 342 g/mol. The Kier molecular flexibility index (Phi) is 4.24. The summed E-state index contributed by atoms with van der Waals surface area (Å²) in [7, 11) is 0. The van der Waals surface area contributed by atoms with Crippen LogP contribution in [0.3, 0.4) is 0 Å². The smallest absolute Gasteiger partial charge is 0.184 e. The van der Waals surface area contributed by atoms with Gasteiger partial charge in [-0.1, -0.05) is 55.5 Å². The fourth-order valence-corrected chi connectivity index (χ4v) is 3.91. The van der Waals surface area contributed by atoms with Crippen molar-refractivity contribution < 1.29 is 4.42 Å². The van der Waals surface area contributed by atoms with Crippen molar-refractivity contribution in [3.63, 3.8) is 0 Å². The van der Waals surface area contributed by atoms with E-state index in [-0.39, 0.29) is 10.5 Å². The van der Waals surface area contributed by atoms with Crippen molar-refractivity contribution in [1.82, 2.24) is 5.43 Å². The van der Waals surface area contributed by atoms with Crippen molar-refractivity contribution >= 4 is 34.0 Å². The molecule has 0 atom stereocenters. The van der Waals surface area contributed by atoms with E-state index in [2.05, 4.69) is 47.8 Å². The van der Waals surface area contributed by atoms with Crippen LogP contribution in [0.25, 0.3) is 11.0 Å². The van der Waals surface area contributed by atoms with Crippen molar-refractivity contribution in [2.24, 2.45) is 16.8 Å². The summed E-state index contributed by atoms with van der Waals surface area (Å²) < 4.78 is 6.04. The summed E-state index contributed by atoms with van der Waals surface area (Å²) in [6.07, 6.45) is 2.01. The third-order valence-electron chi connectivity index (χ3n) is 5.22. The molecule has 26 heavy (non-hydrogen) atoms. The van der Waals surface area contributed by atoms with Gasteiger partial charge in [-0.05, 0) is 48.2 Å². The summed E-state index contributed by atoms with van der Waals surface area (Å²) in [6.45, 7) is 2.30. The zero-order valence-electron chi connectivity index (χ0n) is 14.6. The number of hydrogen-bond donors (Lipinski definition) is 2. The number of rotatable bonds is 4. The lowest BCUT2D eigenvalue weighted by Gasteiger charge is -2.45. The molecule has 0 bridgehead atoms. The summed E-state index contributed by atoms with van der Waals surface area (Å²) in [5.74, 6) is 1.07. The molecule has 1 fully saturated rings. The van der Waals surface area contributed by atoms with E-state index in [1.54, 1.807) is 0 Å². The van der Waals surface area contributed by atoms with E-state index >= 15 is 0 Å². The number of nitrogens with two attached hydrogens (primary N) is 1. The molecule has 0 radical (unpaired) electrons. The lowest BCUT2D eigenvalue weighted by atomic mass is 9.58. The molecule has 4 rings (SSSR count). The fourth-order valence-electron chi connectivity index (χ4n) is 3.87. The SMILES string of the molecule is CC1(c2ccccc2)CC(C(=NNC(N)=S)c2cc3ccccc3o2)C1. The van der Waals surface area contributed by atoms with E-state index in [1.165, 1.54) is 5.56 Å². The van der Waals surface area contributed by atoms with Gasteiger partial charge >= 0.3 is 0 Å². The molecule has 4 nitrogen and oxygen atoms in total. The molecule has 1 aromatic heterocycles. The van der Waals surface area contributed by atoms with Gasteiger partial charge in [0.25, 0.3) is 0 Å². The molecule has 2 aromatic carbocycles. The fraction of sp³-hybridized carbons (Fsp3) is 0.238. The summed E-state index contributed by atoms with van der Waals surface area (Å²) in [5, 5.41) is 5.70. The maximum Gasteiger partial charge on any atom is 0.184 e. The Morgan fingerprint density at radius 2 is 1.85 bits per heavy atom. The molecule has 1 heterocycles. The van der Waals surface area contributed by atoms with Crippen LogP contribution in [0.4, 0.5) is 0 Å². The van der Waals surface area contributed by atoms with Crippen LogP contribution < -0.4 is 11.2 Å².